The molecule has 0 spiro atoms. The summed E-state index contributed by atoms with van der Waals surface area (Å²) in [5, 5.41) is 21.0. The summed E-state index contributed by atoms with van der Waals surface area (Å²) in [7, 11) is 0. The topological polar surface area (TPSA) is 86.3 Å². The van der Waals surface area contributed by atoms with Crippen LogP contribution in [0, 0.1) is 27.2 Å². The molecule has 0 fully saturated rings. The first-order valence-electron chi connectivity index (χ1n) is 4.15. The first-order valence-corrected chi connectivity index (χ1v) is 4.15. The highest BCUT2D eigenvalue weighted by molar-refractivity contribution is 5.55. The summed E-state index contributed by atoms with van der Waals surface area (Å²) in [6.07, 6.45) is -4.87. The average Bonchev–Trinajstić information content (AvgIpc) is 2.14. The summed E-state index contributed by atoms with van der Waals surface area (Å²) in [4.78, 5) is 18.8. The van der Waals surface area contributed by atoms with Gasteiger partial charge in [0.05, 0.1) is 15.4 Å². The molecule has 0 atom stereocenters. The zero-order chi connectivity index (χ0) is 13.4. The Bertz CT molecular complexity index is 463. The van der Waals surface area contributed by atoms with Gasteiger partial charge in [-0.05, 0) is 6.92 Å². The third-order valence-electron chi connectivity index (χ3n) is 2.07. The van der Waals surface area contributed by atoms with E-state index in [9.17, 15) is 33.4 Å². The largest absolute Gasteiger partial charge is 0.416 e. The minimum Gasteiger partial charge on any atom is -0.258 e. The van der Waals surface area contributed by atoms with E-state index in [0.29, 0.717) is 0 Å². The number of benzene rings is 1. The van der Waals surface area contributed by atoms with E-state index < -0.39 is 38.5 Å². The van der Waals surface area contributed by atoms with E-state index in [-0.39, 0.29) is 12.1 Å². The van der Waals surface area contributed by atoms with Gasteiger partial charge in [0.1, 0.15) is 5.56 Å². The normalized spacial score (nSPS) is 11.3. The molecule has 0 bridgehead atoms. The van der Waals surface area contributed by atoms with E-state index in [1.54, 1.807) is 0 Å². The van der Waals surface area contributed by atoms with Crippen LogP contribution in [0.4, 0.5) is 24.5 Å². The van der Waals surface area contributed by atoms with Gasteiger partial charge in [-0.15, -0.1) is 0 Å². The molecule has 0 amide bonds. The molecule has 0 saturated carbocycles. The highest BCUT2D eigenvalue weighted by Gasteiger charge is 2.36. The van der Waals surface area contributed by atoms with Gasteiger partial charge in [-0.3, -0.25) is 20.2 Å². The third-order valence-corrected chi connectivity index (χ3v) is 2.07. The number of nitro benzene ring substituents is 2. The van der Waals surface area contributed by atoms with E-state index in [2.05, 4.69) is 0 Å². The summed E-state index contributed by atoms with van der Waals surface area (Å²) in [6.45, 7) is 1.02. The highest BCUT2D eigenvalue weighted by Crippen LogP contribution is 2.37. The van der Waals surface area contributed by atoms with Crippen LogP contribution in [0.1, 0.15) is 11.1 Å². The average molecular weight is 250 g/mol. The Balaban J connectivity index is 3.59. The van der Waals surface area contributed by atoms with E-state index >= 15 is 0 Å². The molecule has 0 radical (unpaired) electrons. The minimum atomic E-state index is -4.87. The second kappa shape index (κ2) is 4.00. The predicted octanol–water partition coefficient (Wildman–Crippen LogP) is 2.83. The van der Waals surface area contributed by atoms with E-state index in [1.807, 2.05) is 0 Å². The molecule has 9 heteroatoms. The van der Waals surface area contributed by atoms with Gasteiger partial charge < -0.3 is 0 Å². The van der Waals surface area contributed by atoms with Crippen molar-refractivity contribution in [2.24, 2.45) is 0 Å². The number of halogens is 3. The second-order valence-corrected chi connectivity index (χ2v) is 3.15. The second-order valence-electron chi connectivity index (χ2n) is 3.15. The van der Waals surface area contributed by atoms with Crippen molar-refractivity contribution in [2.45, 2.75) is 13.1 Å². The number of nitro groups is 2. The first-order chi connectivity index (χ1) is 7.64. The smallest absolute Gasteiger partial charge is 0.258 e. The van der Waals surface area contributed by atoms with Crippen LogP contribution in [-0.4, -0.2) is 9.85 Å². The van der Waals surface area contributed by atoms with Gasteiger partial charge in [0.15, 0.2) is 0 Å². The van der Waals surface area contributed by atoms with Crippen molar-refractivity contribution in [3.8, 4) is 0 Å². The Morgan fingerprint density at radius 1 is 1.06 bits per heavy atom. The van der Waals surface area contributed by atoms with Crippen LogP contribution >= 0.6 is 0 Å². The monoisotopic (exact) mass is 250 g/mol. The maximum absolute atomic E-state index is 12.4. The number of alkyl halides is 3. The molecule has 1 aromatic rings. The lowest BCUT2D eigenvalue weighted by Crippen LogP contribution is -2.08. The Labute approximate surface area is 92.0 Å². The quantitative estimate of drug-likeness (QED) is 0.596. The van der Waals surface area contributed by atoms with Crippen LogP contribution in [0.15, 0.2) is 12.1 Å². The van der Waals surface area contributed by atoms with Gasteiger partial charge in [0.25, 0.3) is 11.4 Å². The highest BCUT2D eigenvalue weighted by atomic mass is 19.4. The molecule has 0 unspecified atom stereocenters. The van der Waals surface area contributed by atoms with Gasteiger partial charge in [-0.1, -0.05) is 0 Å². The maximum atomic E-state index is 12.4. The number of hydrogen-bond donors (Lipinski definition) is 0. The first kappa shape index (κ1) is 12.9. The maximum Gasteiger partial charge on any atom is 0.416 e. The molecule has 92 valence electrons. The predicted molar refractivity (Wildman–Crippen MR) is 49.5 cm³/mol. The van der Waals surface area contributed by atoms with Gasteiger partial charge >= 0.3 is 6.18 Å². The van der Waals surface area contributed by atoms with Crippen molar-refractivity contribution in [1.82, 2.24) is 0 Å². The molecule has 1 rings (SSSR count). The number of nitrogens with zero attached hydrogens (tertiary/aromatic N) is 2. The number of rotatable bonds is 2. The molecular formula is C8H5F3N2O4. The lowest BCUT2D eigenvalue weighted by atomic mass is 10.1. The minimum absolute atomic E-state index is 0.280. The van der Waals surface area contributed by atoms with Crippen molar-refractivity contribution in [3.05, 3.63) is 43.5 Å². The Morgan fingerprint density at radius 2 is 1.41 bits per heavy atom. The summed E-state index contributed by atoms with van der Waals surface area (Å²) >= 11 is 0. The van der Waals surface area contributed by atoms with E-state index in [1.165, 1.54) is 0 Å². The number of hydrogen-bond acceptors (Lipinski definition) is 4. The Hall–Kier alpha value is -2.19. The van der Waals surface area contributed by atoms with Gasteiger partial charge in [-0.2, -0.15) is 13.2 Å². The standard InChI is InChI=1S/C8H5F3N2O4/c1-4-6(12(14)15)2-5(8(9,10)11)3-7(4)13(16)17/h2-3H,1H3. The fraction of sp³-hybridized carbons (Fsp3) is 0.250. The SMILES string of the molecule is Cc1c([N+](=O)[O-])cc(C(F)(F)F)cc1[N+](=O)[O-]. The van der Waals surface area contributed by atoms with E-state index in [0.717, 1.165) is 6.92 Å². The van der Waals surface area contributed by atoms with Crippen LogP contribution in [0.25, 0.3) is 0 Å². The molecule has 0 heterocycles. The molecule has 0 aliphatic heterocycles. The molecular weight excluding hydrogens is 245 g/mol. The van der Waals surface area contributed by atoms with Crippen molar-refractivity contribution in [1.29, 1.82) is 0 Å². The van der Waals surface area contributed by atoms with Crippen LogP contribution in [0.3, 0.4) is 0 Å². The fourth-order valence-corrected chi connectivity index (χ4v) is 1.23. The zero-order valence-electron chi connectivity index (χ0n) is 8.32. The van der Waals surface area contributed by atoms with Crippen LogP contribution in [0.2, 0.25) is 0 Å². The molecule has 0 saturated heterocycles. The summed E-state index contributed by atoms with van der Waals surface area (Å²) < 4.78 is 37.1. The van der Waals surface area contributed by atoms with Gasteiger partial charge in [0.2, 0.25) is 0 Å². The Morgan fingerprint density at radius 3 is 1.65 bits per heavy atom. The molecule has 1 aromatic carbocycles. The zero-order valence-corrected chi connectivity index (χ0v) is 8.32. The fourth-order valence-electron chi connectivity index (χ4n) is 1.23. The van der Waals surface area contributed by atoms with Crippen molar-refractivity contribution < 1.29 is 23.0 Å². The molecule has 17 heavy (non-hydrogen) atoms. The van der Waals surface area contributed by atoms with Crippen molar-refractivity contribution in [2.75, 3.05) is 0 Å². The van der Waals surface area contributed by atoms with Crippen molar-refractivity contribution >= 4 is 11.4 Å². The Kier molecular flexibility index (Phi) is 3.03. The molecule has 0 aliphatic rings. The van der Waals surface area contributed by atoms with Gasteiger partial charge in [-0.25, -0.2) is 0 Å². The molecule has 6 nitrogen and oxygen atoms in total. The summed E-state index contributed by atoms with van der Waals surface area (Å²) in [5.74, 6) is 0. The van der Waals surface area contributed by atoms with Crippen LogP contribution in [-0.2, 0) is 6.18 Å². The van der Waals surface area contributed by atoms with E-state index in [4.69, 9.17) is 0 Å². The lowest BCUT2D eigenvalue weighted by Gasteiger charge is -2.07. The van der Waals surface area contributed by atoms with Crippen LogP contribution < -0.4 is 0 Å². The molecule has 0 N–H and O–H groups in total. The summed E-state index contributed by atoms with van der Waals surface area (Å²) in [5.41, 5.74) is -3.67. The summed E-state index contributed by atoms with van der Waals surface area (Å²) in [6, 6.07) is 0.560. The van der Waals surface area contributed by atoms with Crippen molar-refractivity contribution in [3.63, 3.8) is 0 Å². The van der Waals surface area contributed by atoms with Gasteiger partial charge in [0, 0.05) is 12.1 Å². The third kappa shape index (κ3) is 2.49. The molecule has 0 aliphatic carbocycles. The lowest BCUT2D eigenvalue weighted by molar-refractivity contribution is -0.395. The van der Waals surface area contributed by atoms with Crippen LogP contribution in [0.5, 0.6) is 0 Å². The molecule has 0 aromatic heterocycles.